The van der Waals surface area contributed by atoms with Crippen LogP contribution in [0, 0.1) is 0 Å². The van der Waals surface area contributed by atoms with Crippen LogP contribution in [0.25, 0.3) is 0 Å². The zero-order valence-electron chi connectivity index (χ0n) is 34.1. The van der Waals surface area contributed by atoms with Crippen LogP contribution >= 0.6 is 70.2 Å². The number of rotatable bonds is 32. The number of benzene rings is 4. The van der Waals surface area contributed by atoms with E-state index >= 15 is 0 Å². The van der Waals surface area contributed by atoms with Crippen LogP contribution in [-0.4, -0.2) is 85.7 Å². The highest BCUT2D eigenvalue weighted by Crippen LogP contribution is 2.32. The summed E-state index contributed by atoms with van der Waals surface area (Å²) < 4.78 is 18.3. The third kappa shape index (κ3) is 21.4. The standard InChI is InChI=1S/C46H60Cl2N2O5S4/c1-46(55-40-16-24-44(25-17-40)59-42-20-12-38(48)13-21-42,36-54-39-14-22-43(23-15-39)58-41-18-10-37(47)11-19-41)45(52)53-31-27-50-29-35-57-33-9-7-5-3-2-4-6-8-32-56-34-28-49-26-30-51/h10-25,49-51H,2-9,26-36H2,1H3. The van der Waals surface area contributed by atoms with Gasteiger partial charge >= 0.3 is 5.97 Å². The third-order valence-electron chi connectivity index (χ3n) is 9.01. The first kappa shape index (κ1) is 49.5. The Kier molecular flexibility index (Phi) is 25.1. The van der Waals surface area contributed by atoms with E-state index in [0.29, 0.717) is 34.6 Å². The average Bonchev–Trinajstić information content (AvgIpc) is 3.24. The molecule has 0 fully saturated rings. The molecule has 3 N–H and O–H groups in total. The van der Waals surface area contributed by atoms with Crippen molar-refractivity contribution in [2.24, 2.45) is 0 Å². The number of thioether (sulfide) groups is 2. The van der Waals surface area contributed by atoms with Crippen LogP contribution in [0.5, 0.6) is 11.5 Å². The van der Waals surface area contributed by atoms with Crippen molar-refractivity contribution < 1.29 is 24.1 Å². The van der Waals surface area contributed by atoms with Crippen LogP contribution < -0.4 is 20.1 Å². The van der Waals surface area contributed by atoms with E-state index in [9.17, 15) is 4.79 Å². The molecule has 0 aromatic heterocycles. The van der Waals surface area contributed by atoms with E-state index in [1.807, 2.05) is 121 Å². The fourth-order valence-corrected chi connectivity index (χ4v) is 9.41. The molecule has 0 amide bonds. The summed E-state index contributed by atoms with van der Waals surface area (Å²) in [6, 6.07) is 30.8. The normalized spacial score (nSPS) is 12.3. The monoisotopic (exact) mass is 918 g/mol. The van der Waals surface area contributed by atoms with Crippen molar-refractivity contribution >= 4 is 76.2 Å². The molecule has 0 aliphatic heterocycles. The molecule has 7 nitrogen and oxygen atoms in total. The fraction of sp³-hybridized carbons (Fsp3) is 0.457. The topological polar surface area (TPSA) is 89.1 Å². The van der Waals surface area contributed by atoms with Crippen molar-refractivity contribution in [3.05, 3.63) is 107 Å². The molecule has 0 saturated carbocycles. The molecular weight excluding hydrogens is 860 g/mol. The van der Waals surface area contributed by atoms with Gasteiger partial charge in [-0.15, -0.1) is 0 Å². The second-order valence-corrected chi connectivity index (χ2v) is 19.7. The maximum atomic E-state index is 13.6. The molecule has 0 aliphatic rings. The van der Waals surface area contributed by atoms with Crippen molar-refractivity contribution in [3.8, 4) is 11.5 Å². The maximum absolute atomic E-state index is 13.6. The van der Waals surface area contributed by atoms with Crippen molar-refractivity contribution in [1.29, 1.82) is 0 Å². The quantitative estimate of drug-likeness (QED) is 0.0323. The number of ether oxygens (including phenoxy) is 3. The SMILES string of the molecule is CC(COc1ccc(Sc2ccc(Cl)cc2)cc1)(Oc1ccc(Sc2ccc(Cl)cc2)cc1)C(=O)OCCNCCSCCCCCCCCCCSCCNCCO. The van der Waals surface area contributed by atoms with Crippen LogP contribution in [-0.2, 0) is 9.53 Å². The molecule has 0 saturated heterocycles. The lowest BCUT2D eigenvalue weighted by atomic mass is 10.1. The smallest absolute Gasteiger partial charge is 0.353 e. The Morgan fingerprint density at radius 3 is 1.47 bits per heavy atom. The molecule has 0 radical (unpaired) electrons. The highest BCUT2D eigenvalue weighted by atomic mass is 35.5. The molecular formula is C46H60Cl2N2O5S4. The summed E-state index contributed by atoms with van der Waals surface area (Å²) in [5, 5.41) is 16.8. The molecule has 0 bridgehead atoms. The lowest BCUT2D eigenvalue weighted by Crippen LogP contribution is -2.48. The minimum atomic E-state index is -1.39. The van der Waals surface area contributed by atoms with Crippen LogP contribution in [0.15, 0.2) is 117 Å². The van der Waals surface area contributed by atoms with E-state index in [-0.39, 0.29) is 19.8 Å². The summed E-state index contributed by atoms with van der Waals surface area (Å²) in [6.07, 6.45) is 10.6. The Morgan fingerprint density at radius 1 is 0.576 bits per heavy atom. The fourth-order valence-electron chi connectivity index (χ4n) is 5.73. The number of aliphatic hydroxyl groups excluding tert-OH is 1. The molecule has 0 spiro atoms. The summed E-state index contributed by atoms with van der Waals surface area (Å²) >= 11 is 19.3. The number of carbonyl (C=O) groups excluding carboxylic acids is 1. The van der Waals surface area contributed by atoms with Gasteiger partial charge in [0.15, 0.2) is 0 Å². The number of hydrogen-bond donors (Lipinski definition) is 3. The molecule has 13 heteroatoms. The number of esters is 1. The third-order valence-corrected chi connectivity index (χ3v) is 13.7. The highest BCUT2D eigenvalue weighted by molar-refractivity contribution is 8.00. The van der Waals surface area contributed by atoms with Gasteiger partial charge in [-0.1, -0.05) is 85.3 Å². The van der Waals surface area contributed by atoms with Gasteiger partial charge in [0.1, 0.15) is 24.7 Å². The predicted octanol–water partition coefficient (Wildman–Crippen LogP) is 11.8. The van der Waals surface area contributed by atoms with E-state index in [1.54, 1.807) is 30.4 Å². The zero-order valence-corrected chi connectivity index (χ0v) is 38.9. The molecule has 4 aromatic rings. The summed E-state index contributed by atoms with van der Waals surface area (Å²) in [4.78, 5) is 17.9. The first-order valence-electron chi connectivity index (χ1n) is 20.6. The number of unbranched alkanes of at least 4 members (excludes halogenated alkanes) is 7. The van der Waals surface area contributed by atoms with Gasteiger partial charge in [0.2, 0.25) is 5.60 Å². The van der Waals surface area contributed by atoms with Crippen molar-refractivity contribution in [2.75, 3.05) is 69.0 Å². The highest BCUT2D eigenvalue weighted by Gasteiger charge is 2.39. The van der Waals surface area contributed by atoms with Gasteiger partial charge in [0, 0.05) is 67.3 Å². The lowest BCUT2D eigenvalue weighted by Gasteiger charge is -2.28. The largest absolute Gasteiger partial charge is 0.489 e. The summed E-state index contributed by atoms with van der Waals surface area (Å²) in [5.41, 5.74) is -1.39. The number of hydrogen-bond acceptors (Lipinski definition) is 11. The van der Waals surface area contributed by atoms with Gasteiger partial charge in [-0.05, 0) is 128 Å². The van der Waals surface area contributed by atoms with Gasteiger partial charge in [-0.3, -0.25) is 0 Å². The average molecular weight is 920 g/mol. The van der Waals surface area contributed by atoms with Gasteiger partial charge in [-0.2, -0.15) is 23.5 Å². The predicted molar refractivity (Wildman–Crippen MR) is 254 cm³/mol. The molecule has 4 rings (SSSR count). The molecule has 1 atom stereocenters. The van der Waals surface area contributed by atoms with E-state index in [4.69, 9.17) is 42.5 Å². The van der Waals surface area contributed by atoms with Gasteiger partial charge in [0.25, 0.3) is 0 Å². The van der Waals surface area contributed by atoms with Crippen molar-refractivity contribution in [1.82, 2.24) is 10.6 Å². The minimum absolute atomic E-state index is 0.0356. The maximum Gasteiger partial charge on any atom is 0.353 e. The lowest BCUT2D eigenvalue weighted by molar-refractivity contribution is -0.163. The Balaban J connectivity index is 1.13. The second kappa shape index (κ2) is 30.0. The Morgan fingerprint density at radius 2 is 1.00 bits per heavy atom. The van der Waals surface area contributed by atoms with Gasteiger partial charge in [0.05, 0.1) is 6.61 Å². The van der Waals surface area contributed by atoms with E-state index in [2.05, 4.69) is 10.6 Å². The van der Waals surface area contributed by atoms with Gasteiger partial charge < -0.3 is 30.0 Å². The molecule has 1 unspecified atom stereocenters. The van der Waals surface area contributed by atoms with Crippen LogP contribution in [0.1, 0.15) is 58.3 Å². The van der Waals surface area contributed by atoms with Crippen LogP contribution in [0.4, 0.5) is 0 Å². The molecule has 59 heavy (non-hydrogen) atoms. The Hall–Kier alpha value is -2.19. The van der Waals surface area contributed by atoms with Crippen LogP contribution in [0.3, 0.4) is 0 Å². The van der Waals surface area contributed by atoms with Crippen molar-refractivity contribution in [2.45, 2.75) is 83.5 Å². The number of aliphatic hydroxyl groups is 1. The Labute approximate surface area is 379 Å². The number of nitrogens with one attached hydrogen (secondary N) is 2. The molecule has 0 aliphatic carbocycles. The molecule has 0 heterocycles. The van der Waals surface area contributed by atoms with E-state index < -0.39 is 11.6 Å². The van der Waals surface area contributed by atoms with Crippen molar-refractivity contribution in [3.63, 3.8) is 0 Å². The summed E-state index contributed by atoms with van der Waals surface area (Å²) in [5.74, 6) is 5.26. The van der Waals surface area contributed by atoms with Crippen LogP contribution in [0.2, 0.25) is 10.0 Å². The minimum Gasteiger partial charge on any atom is -0.489 e. The summed E-state index contributed by atoms with van der Waals surface area (Å²) in [6.45, 7) is 5.24. The van der Waals surface area contributed by atoms with E-state index in [1.165, 1.54) is 62.9 Å². The van der Waals surface area contributed by atoms with Gasteiger partial charge in [-0.25, -0.2) is 4.79 Å². The molecule has 322 valence electrons. The Bertz CT molecular complexity index is 1710. The van der Waals surface area contributed by atoms with E-state index in [0.717, 1.165) is 44.2 Å². The zero-order chi connectivity index (χ0) is 41.8. The second-order valence-electron chi connectivity index (χ2n) is 14.1. The number of halogens is 2. The number of carbonyl (C=O) groups is 1. The molecule has 4 aromatic carbocycles. The summed E-state index contributed by atoms with van der Waals surface area (Å²) in [7, 11) is 0. The first-order chi connectivity index (χ1) is 28.8. The first-order valence-corrected chi connectivity index (χ1v) is 25.3.